The Labute approximate surface area is 147 Å². The van der Waals surface area contributed by atoms with E-state index in [1.54, 1.807) is 30.1 Å². The zero-order chi connectivity index (χ0) is 16.4. The van der Waals surface area contributed by atoms with Crippen LogP contribution < -0.4 is 15.5 Å². The number of carbonyl (C=O) groups excluding carboxylic acids is 1. The minimum Gasteiger partial charge on any atom is -0.360 e. The quantitative estimate of drug-likeness (QED) is 0.622. The molecular weight excluding hydrogens is 332 g/mol. The number of carbonyl (C=O) groups is 1. The van der Waals surface area contributed by atoms with Crippen LogP contribution in [-0.2, 0) is 4.79 Å². The molecular formula is C16H23ClN4O3. The molecule has 8 heteroatoms. The Morgan fingerprint density at radius 3 is 2.58 bits per heavy atom. The van der Waals surface area contributed by atoms with Crippen LogP contribution >= 0.6 is 12.4 Å². The van der Waals surface area contributed by atoms with Crippen LogP contribution in [0.2, 0.25) is 0 Å². The Hall–Kier alpha value is -1.86. The van der Waals surface area contributed by atoms with Crippen molar-refractivity contribution in [1.29, 1.82) is 0 Å². The van der Waals surface area contributed by atoms with Crippen molar-refractivity contribution >= 4 is 29.7 Å². The lowest BCUT2D eigenvalue weighted by molar-refractivity contribution is -0.384. The van der Waals surface area contributed by atoms with Crippen LogP contribution in [0.25, 0.3) is 0 Å². The number of amides is 1. The van der Waals surface area contributed by atoms with E-state index in [2.05, 4.69) is 10.6 Å². The molecule has 2 unspecified atom stereocenters. The Kier molecular flexibility index (Phi) is 6.01. The van der Waals surface area contributed by atoms with E-state index in [0.29, 0.717) is 17.8 Å². The van der Waals surface area contributed by atoms with Gasteiger partial charge in [-0.15, -0.1) is 12.4 Å². The fourth-order valence-electron chi connectivity index (χ4n) is 3.69. The average Bonchev–Trinajstić information content (AvgIpc) is 2.85. The van der Waals surface area contributed by atoms with E-state index >= 15 is 0 Å². The first-order valence-electron chi connectivity index (χ1n) is 8.03. The third-order valence-corrected chi connectivity index (χ3v) is 4.71. The molecule has 2 atom stereocenters. The molecule has 0 spiro atoms. The Balaban J connectivity index is 0.00000208. The molecule has 2 N–H and O–H groups in total. The monoisotopic (exact) mass is 354 g/mol. The molecule has 1 aromatic rings. The average molecular weight is 355 g/mol. The number of hydrogen-bond acceptors (Lipinski definition) is 5. The lowest BCUT2D eigenvalue weighted by atomic mass is 10.00. The van der Waals surface area contributed by atoms with Crippen LogP contribution in [-0.4, -0.2) is 42.5 Å². The highest BCUT2D eigenvalue weighted by atomic mass is 35.5. The molecule has 2 aliphatic rings. The Morgan fingerprint density at radius 2 is 1.96 bits per heavy atom. The maximum absolute atomic E-state index is 12.3. The van der Waals surface area contributed by atoms with Gasteiger partial charge in [-0.3, -0.25) is 14.9 Å². The second-order valence-corrected chi connectivity index (χ2v) is 6.48. The number of hydrogen-bond donors (Lipinski definition) is 2. The number of nitro benzene ring substituents is 1. The maximum atomic E-state index is 12.3. The summed E-state index contributed by atoms with van der Waals surface area (Å²) < 4.78 is 0. The van der Waals surface area contributed by atoms with Crippen molar-refractivity contribution in [2.24, 2.45) is 0 Å². The summed E-state index contributed by atoms with van der Waals surface area (Å²) in [5.41, 5.74) is 0.473. The van der Waals surface area contributed by atoms with Gasteiger partial charge in [0, 0.05) is 31.2 Å². The largest absolute Gasteiger partial charge is 0.360 e. The van der Waals surface area contributed by atoms with Crippen molar-refractivity contribution in [3.63, 3.8) is 0 Å². The molecule has 132 valence electrons. The molecule has 0 aromatic heterocycles. The van der Waals surface area contributed by atoms with Gasteiger partial charge in [0.1, 0.15) is 5.69 Å². The second kappa shape index (κ2) is 7.81. The minimum atomic E-state index is -0.422. The van der Waals surface area contributed by atoms with Gasteiger partial charge in [-0.25, -0.2) is 0 Å². The number of benzene rings is 1. The van der Waals surface area contributed by atoms with Crippen LogP contribution in [0.3, 0.4) is 0 Å². The zero-order valence-electron chi connectivity index (χ0n) is 13.6. The van der Waals surface area contributed by atoms with Gasteiger partial charge in [-0.05, 0) is 31.7 Å². The molecule has 2 bridgehead atoms. The number of fused-ring (bicyclic) bond motifs is 2. The van der Waals surface area contributed by atoms with E-state index in [1.807, 2.05) is 0 Å². The Bertz CT molecular complexity index is 601. The van der Waals surface area contributed by atoms with Gasteiger partial charge in [0.05, 0.1) is 11.5 Å². The van der Waals surface area contributed by atoms with Gasteiger partial charge in [0.15, 0.2) is 0 Å². The Morgan fingerprint density at radius 1 is 1.33 bits per heavy atom. The summed E-state index contributed by atoms with van der Waals surface area (Å²) in [6.07, 6.45) is 4.31. The normalized spacial score (nSPS) is 24.8. The molecule has 24 heavy (non-hydrogen) atoms. The maximum Gasteiger partial charge on any atom is 0.292 e. The van der Waals surface area contributed by atoms with Gasteiger partial charge in [0.25, 0.3) is 5.69 Å². The van der Waals surface area contributed by atoms with Gasteiger partial charge in [-0.2, -0.15) is 0 Å². The molecule has 2 heterocycles. The number of likely N-dealkylation sites (N-methyl/N-ethyl adjacent to an activating group) is 1. The summed E-state index contributed by atoms with van der Waals surface area (Å²) in [4.78, 5) is 24.6. The smallest absolute Gasteiger partial charge is 0.292 e. The molecule has 1 amide bonds. The van der Waals surface area contributed by atoms with E-state index in [1.165, 1.54) is 18.9 Å². The van der Waals surface area contributed by atoms with Crippen molar-refractivity contribution in [1.82, 2.24) is 10.6 Å². The first kappa shape index (κ1) is 18.5. The fraction of sp³-hybridized carbons (Fsp3) is 0.562. The highest BCUT2D eigenvalue weighted by molar-refractivity contribution is 5.85. The number of nitrogens with one attached hydrogen (secondary N) is 2. The molecule has 2 saturated heterocycles. The first-order valence-corrected chi connectivity index (χ1v) is 8.03. The minimum absolute atomic E-state index is 0. The van der Waals surface area contributed by atoms with Gasteiger partial charge >= 0.3 is 0 Å². The summed E-state index contributed by atoms with van der Waals surface area (Å²) in [6.45, 7) is 0.115. The third kappa shape index (κ3) is 4.15. The summed E-state index contributed by atoms with van der Waals surface area (Å²) in [7, 11) is 1.70. The highest BCUT2D eigenvalue weighted by Gasteiger charge is 2.34. The van der Waals surface area contributed by atoms with E-state index < -0.39 is 4.92 Å². The third-order valence-electron chi connectivity index (χ3n) is 4.71. The van der Waals surface area contributed by atoms with Crippen LogP contribution in [0.15, 0.2) is 24.3 Å². The fourth-order valence-corrected chi connectivity index (χ4v) is 3.69. The van der Waals surface area contributed by atoms with Crippen molar-refractivity contribution in [2.45, 2.75) is 43.8 Å². The topological polar surface area (TPSA) is 87.5 Å². The standard InChI is InChI=1S/C16H22N4O3.ClH/c1-19(14-4-2-3-5-15(14)20(22)23)10-16(21)18-13-8-11-6-7-12(9-13)17-11;/h2-5,11-13,17H,6-10H2,1H3,(H,18,21);1H. The lowest BCUT2D eigenvalue weighted by Crippen LogP contribution is -2.49. The number of para-hydroxylation sites is 2. The molecule has 3 rings (SSSR count). The van der Waals surface area contributed by atoms with Crippen molar-refractivity contribution < 1.29 is 9.72 Å². The van der Waals surface area contributed by atoms with E-state index in [4.69, 9.17) is 0 Å². The van der Waals surface area contributed by atoms with Crippen molar-refractivity contribution in [3.8, 4) is 0 Å². The summed E-state index contributed by atoms with van der Waals surface area (Å²) in [5.74, 6) is -0.0862. The van der Waals surface area contributed by atoms with Gasteiger partial charge in [0.2, 0.25) is 5.91 Å². The molecule has 7 nitrogen and oxygen atoms in total. The second-order valence-electron chi connectivity index (χ2n) is 6.48. The number of nitrogens with zero attached hydrogens (tertiary/aromatic N) is 2. The number of rotatable bonds is 5. The summed E-state index contributed by atoms with van der Waals surface area (Å²) in [6, 6.07) is 7.73. The van der Waals surface area contributed by atoms with E-state index in [9.17, 15) is 14.9 Å². The zero-order valence-corrected chi connectivity index (χ0v) is 14.4. The predicted octanol–water partition coefficient (Wildman–Crippen LogP) is 1.85. The number of anilines is 1. The molecule has 1 aromatic carbocycles. The summed E-state index contributed by atoms with van der Waals surface area (Å²) >= 11 is 0. The highest BCUT2D eigenvalue weighted by Crippen LogP contribution is 2.28. The van der Waals surface area contributed by atoms with Gasteiger partial charge in [-0.1, -0.05) is 12.1 Å². The first-order chi connectivity index (χ1) is 11.0. The van der Waals surface area contributed by atoms with Gasteiger partial charge < -0.3 is 15.5 Å². The van der Waals surface area contributed by atoms with Crippen LogP contribution in [0.1, 0.15) is 25.7 Å². The van der Waals surface area contributed by atoms with E-state index in [0.717, 1.165) is 12.8 Å². The van der Waals surface area contributed by atoms with Crippen LogP contribution in [0, 0.1) is 10.1 Å². The number of nitro groups is 1. The molecule has 2 fully saturated rings. The van der Waals surface area contributed by atoms with Crippen LogP contribution in [0.5, 0.6) is 0 Å². The van der Waals surface area contributed by atoms with Crippen molar-refractivity contribution in [2.75, 3.05) is 18.5 Å². The predicted molar refractivity (Wildman–Crippen MR) is 94.7 cm³/mol. The number of halogens is 1. The molecule has 2 aliphatic heterocycles. The van der Waals surface area contributed by atoms with E-state index in [-0.39, 0.29) is 36.6 Å². The summed E-state index contributed by atoms with van der Waals surface area (Å²) in [5, 5.41) is 17.7. The lowest BCUT2D eigenvalue weighted by Gasteiger charge is -2.30. The molecule has 0 aliphatic carbocycles. The molecule has 0 saturated carbocycles. The number of piperidine rings is 1. The SMILES string of the molecule is CN(CC(=O)NC1CC2CCC(C1)N2)c1ccccc1[N+](=O)[O-].Cl. The van der Waals surface area contributed by atoms with Crippen LogP contribution in [0.4, 0.5) is 11.4 Å². The van der Waals surface area contributed by atoms with Crippen molar-refractivity contribution in [3.05, 3.63) is 34.4 Å². The molecule has 0 radical (unpaired) electrons.